The third-order valence-electron chi connectivity index (χ3n) is 9.64. The van der Waals surface area contributed by atoms with E-state index in [2.05, 4.69) is 25.1 Å². The van der Waals surface area contributed by atoms with E-state index in [1.54, 1.807) is 6.20 Å². The maximum absolute atomic E-state index is 15.4. The first kappa shape index (κ1) is 27.6. The minimum absolute atomic E-state index is 0.0309. The normalized spacial score (nSPS) is 26.3. The van der Waals surface area contributed by atoms with Crippen LogP contribution in [0.3, 0.4) is 0 Å². The molecule has 0 saturated carbocycles. The predicted octanol–water partition coefficient (Wildman–Crippen LogP) is 1.11. The van der Waals surface area contributed by atoms with Crippen LogP contribution in [0, 0.1) is 23.6 Å². The van der Waals surface area contributed by atoms with Crippen LogP contribution in [0.2, 0.25) is 0 Å². The molecule has 0 bridgehead atoms. The molecule has 0 spiro atoms. The number of aldehydes is 1. The number of amides is 4. The Hall–Kier alpha value is -4.26. The number of aromatic nitrogens is 2. The first-order valence-electron chi connectivity index (χ1n) is 14.8. The van der Waals surface area contributed by atoms with Gasteiger partial charge in [0.2, 0.25) is 11.8 Å². The molecule has 6 heterocycles. The van der Waals surface area contributed by atoms with Crippen LogP contribution in [0.4, 0.5) is 15.9 Å². The highest BCUT2D eigenvalue weighted by atomic mass is 19.1. The molecule has 2 aromatic rings. The molecular formula is C30H32FN7O5. The van der Waals surface area contributed by atoms with Crippen molar-refractivity contribution in [1.82, 2.24) is 25.1 Å². The second kappa shape index (κ2) is 10.8. The Morgan fingerprint density at radius 1 is 0.884 bits per heavy atom. The van der Waals surface area contributed by atoms with Gasteiger partial charge in [-0.1, -0.05) is 0 Å². The average Bonchev–Trinajstić information content (AvgIpc) is 3.63. The Balaban J connectivity index is 0.952. The summed E-state index contributed by atoms with van der Waals surface area (Å²) in [5.74, 6) is -0.863. The van der Waals surface area contributed by atoms with E-state index in [1.807, 2.05) is 4.90 Å². The first-order chi connectivity index (χ1) is 20.8. The largest absolute Gasteiger partial charge is 0.368 e. The number of fused-ring (bicyclic) bond motifs is 2. The summed E-state index contributed by atoms with van der Waals surface area (Å²) in [5, 5.41) is 2.18. The highest BCUT2D eigenvalue weighted by Gasteiger charge is 2.46. The van der Waals surface area contributed by atoms with Gasteiger partial charge in [-0.2, -0.15) is 0 Å². The number of hydrogen-bond donors (Lipinski definition) is 1. The zero-order chi connectivity index (χ0) is 29.8. The van der Waals surface area contributed by atoms with Gasteiger partial charge in [0.1, 0.15) is 23.4 Å². The quantitative estimate of drug-likeness (QED) is 0.386. The van der Waals surface area contributed by atoms with Gasteiger partial charge in [-0.25, -0.2) is 14.4 Å². The van der Waals surface area contributed by atoms with Crippen LogP contribution in [-0.2, 0) is 9.59 Å². The van der Waals surface area contributed by atoms with E-state index in [0.717, 1.165) is 62.3 Å². The maximum Gasteiger partial charge on any atom is 0.262 e. The number of likely N-dealkylation sites (tertiary alicyclic amines) is 1. The van der Waals surface area contributed by atoms with Crippen LogP contribution < -0.4 is 15.1 Å². The summed E-state index contributed by atoms with van der Waals surface area (Å²) in [5.41, 5.74) is 0.692. The summed E-state index contributed by atoms with van der Waals surface area (Å²) in [6, 6.07) is 1.50. The van der Waals surface area contributed by atoms with Gasteiger partial charge in [-0.3, -0.25) is 34.2 Å². The number of rotatable bonds is 6. The Morgan fingerprint density at radius 3 is 2.21 bits per heavy atom. The first-order valence-corrected chi connectivity index (χ1v) is 14.8. The van der Waals surface area contributed by atoms with Crippen LogP contribution >= 0.6 is 0 Å². The van der Waals surface area contributed by atoms with E-state index in [4.69, 9.17) is 0 Å². The molecule has 13 heteroatoms. The van der Waals surface area contributed by atoms with Crippen LogP contribution in [0.15, 0.2) is 24.5 Å². The molecule has 224 valence electrons. The van der Waals surface area contributed by atoms with E-state index < -0.39 is 35.5 Å². The fourth-order valence-electron chi connectivity index (χ4n) is 7.42. The molecule has 1 aromatic carbocycles. The lowest BCUT2D eigenvalue weighted by Gasteiger charge is -2.34. The molecule has 5 aliphatic heterocycles. The van der Waals surface area contributed by atoms with E-state index in [-0.39, 0.29) is 24.0 Å². The van der Waals surface area contributed by atoms with Crippen molar-refractivity contribution in [2.75, 3.05) is 55.6 Å². The number of hydrogen-bond acceptors (Lipinski definition) is 10. The second-order valence-corrected chi connectivity index (χ2v) is 12.3. The molecule has 3 unspecified atom stereocenters. The number of carbonyl (C=O) groups excluding carboxylic acids is 5. The molecule has 0 radical (unpaired) electrons. The van der Waals surface area contributed by atoms with E-state index >= 15 is 4.39 Å². The number of piperidine rings is 2. The van der Waals surface area contributed by atoms with Gasteiger partial charge in [0.25, 0.3) is 11.8 Å². The number of nitrogens with zero attached hydrogens (tertiary/aromatic N) is 6. The molecule has 43 heavy (non-hydrogen) atoms. The lowest BCUT2D eigenvalue weighted by molar-refractivity contribution is -0.136. The standard InChI is InChI=1S/C30H32FN7O5/c31-23-7-21-22(30(43)38(29(21)42)24-1-2-27(40)34-28(24)41)8-25(23)37-14-18-12-35(13-19(18)15-37)11-17-3-5-36(6-4-17)26-10-32-20(16-39)9-33-26/h7-10,16-19,24H,1-6,11-15H2,(H,34,40,41). The van der Waals surface area contributed by atoms with Gasteiger partial charge in [0.15, 0.2) is 6.29 Å². The molecule has 4 amide bonds. The van der Waals surface area contributed by atoms with Crippen molar-refractivity contribution in [1.29, 1.82) is 0 Å². The lowest BCUT2D eigenvalue weighted by atomic mass is 9.96. The van der Waals surface area contributed by atoms with Gasteiger partial charge in [-0.15, -0.1) is 0 Å². The van der Waals surface area contributed by atoms with Gasteiger partial charge in [0, 0.05) is 52.2 Å². The average molecular weight is 590 g/mol. The fourth-order valence-corrected chi connectivity index (χ4v) is 7.42. The Morgan fingerprint density at radius 2 is 1.58 bits per heavy atom. The maximum atomic E-state index is 15.4. The van der Waals surface area contributed by atoms with Crippen molar-refractivity contribution >= 4 is 41.4 Å². The molecule has 12 nitrogen and oxygen atoms in total. The molecule has 3 atom stereocenters. The van der Waals surface area contributed by atoms with Crippen molar-refractivity contribution in [3.05, 3.63) is 47.2 Å². The highest BCUT2D eigenvalue weighted by molar-refractivity contribution is 6.23. The zero-order valence-electron chi connectivity index (χ0n) is 23.6. The summed E-state index contributed by atoms with van der Waals surface area (Å²) >= 11 is 0. The van der Waals surface area contributed by atoms with Crippen molar-refractivity contribution in [2.24, 2.45) is 17.8 Å². The minimum atomic E-state index is -1.08. The summed E-state index contributed by atoms with van der Waals surface area (Å²) in [4.78, 5) is 77.1. The van der Waals surface area contributed by atoms with Crippen LogP contribution in [-0.4, -0.2) is 102 Å². The number of anilines is 2. The Bertz CT molecular complexity index is 1490. The van der Waals surface area contributed by atoms with E-state index in [0.29, 0.717) is 48.5 Å². The van der Waals surface area contributed by atoms with Crippen LogP contribution in [0.1, 0.15) is 56.9 Å². The second-order valence-electron chi connectivity index (χ2n) is 12.3. The molecule has 1 N–H and O–H groups in total. The number of nitrogens with one attached hydrogen (secondary N) is 1. The van der Waals surface area contributed by atoms with Gasteiger partial charge in [-0.05, 0) is 49.1 Å². The molecule has 0 aliphatic carbocycles. The molecule has 4 saturated heterocycles. The van der Waals surface area contributed by atoms with Crippen molar-refractivity contribution in [3.63, 3.8) is 0 Å². The molecular weight excluding hydrogens is 557 g/mol. The van der Waals surface area contributed by atoms with Crippen LogP contribution in [0.25, 0.3) is 0 Å². The smallest absolute Gasteiger partial charge is 0.262 e. The minimum Gasteiger partial charge on any atom is -0.368 e. The summed E-state index contributed by atoms with van der Waals surface area (Å²) in [6.45, 7) is 6.03. The number of halogens is 1. The molecule has 1 aromatic heterocycles. The fraction of sp³-hybridized carbons (Fsp3) is 0.500. The lowest BCUT2D eigenvalue weighted by Crippen LogP contribution is -2.54. The number of imide groups is 2. The zero-order valence-corrected chi connectivity index (χ0v) is 23.6. The van der Waals surface area contributed by atoms with Crippen molar-refractivity contribution in [3.8, 4) is 0 Å². The third kappa shape index (κ3) is 4.94. The monoisotopic (exact) mass is 589 g/mol. The molecule has 4 fully saturated rings. The summed E-state index contributed by atoms with van der Waals surface area (Å²) < 4.78 is 15.4. The van der Waals surface area contributed by atoms with Crippen molar-refractivity contribution in [2.45, 2.75) is 31.7 Å². The van der Waals surface area contributed by atoms with Crippen molar-refractivity contribution < 1.29 is 28.4 Å². The van der Waals surface area contributed by atoms with Gasteiger partial charge >= 0.3 is 0 Å². The molecule has 5 aliphatic rings. The third-order valence-corrected chi connectivity index (χ3v) is 9.64. The van der Waals surface area contributed by atoms with Gasteiger partial charge < -0.3 is 14.7 Å². The topological polar surface area (TPSA) is 136 Å². The highest BCUT2D eigenvalue weighted by Crippen LogP contribution is 2.38. The molecule has 7 rings (SSSR count). The Labute approximate surface area is 247 Å². The van der Waals surface area contributed by atoms with E-state index in [1.165, 1.54) is 12.3 Å². The van der Waals surface area contributed by atoms with Crippen LogP contribution in [0.5, 0.6) is 0 Å². The number of carbonyl (C=O) groups is 5. The summed E-state index contributed by atoms with van der Waals surface area (Å²) in [7, 11) is 0. The Kier molecular flexibility index (Phi) is 6.91. The predicted molar refractivity (Wildman–Crippen MR) is 151 cm³/mol. The summed E-state index contributed by atoms with van der Waals surface area (Å²) in [6.07, 6.45) is 6.05. The number of benzene rings is 1. The SMILES string of the molecule is O=Cc1cnc(N2CCC(CN3CC4CN(c5cc6c(cc5F)C(=O)N(C5CCC(=O)NC5=O)C6=O)CC4C3)CC2)cn1. The van der Waals surface area contributed by atoms with E-state index in [9.17, 15) is 24.0 Å². The van der Waals surface area contributed by atoms with Gasteiger partial charge in [0.05, 0.1) is 29.2 Å².